The predicted molar refractivity (Wildman–Crippen MR) is 129 cm³/mol. The van der Waals surface area contributed by atoms with E-state index < -0.39 is 0 Å². The summed E-state index contributed by atoms with van der Waals surface area (Å²) in [5.41, 5.74) is 0.527. The summed E-state index contributed by atoms with van der Waals surface area (Å²) in [6, 6.07) is 8.01. The SMILES string of the molecule is COC(=O)c1ccc(Sc2cnc(NC(=O)N(C3CCCCC3)C3CCCCC3)s2)cc1. The Hall–Kier alpha value is -2.06. The number of hydrogen-bond donors (Lipinski definition) is 1. The lowest BCUT2D eigenvalue weighted by Crippen LogP contribution is -2.50. The first-order chi connectivity index (χ1) is 15.6. The topological polar surface area (TPSA) is 71.5 Å². The lowest BCUT2D eigenvalue weighted by molar-refractivity contribution is 0.0600. The van der Waals surface area contributed by atoms with E-state index in [4.69, 9.17) is 4.74 Å². The fourth-order valence-electron chi connectivity index (χ4n) is 4.76. The Morgan fingerprint density at radius 2 is 1.59 bits per heavy atom. The standard InChI is InChI=1S/C24H31N3O3S2/c1-30-22(28)17-12-14-20(15-13-17)31-21-16-25-23(32-21)26-24(29)27(18-8-4-2-5-9-18)19-10-6-3-7-11-19/h12-16,18-19H,2-11H2,1H3,(H,25,26,29). The van der Waals surface area contributed by atoms with E-state index >= 15 is 0 Å². The molecule has 8 heteroatoms. The maximum atomic E-state index is 13.3. The highest BCUT2D eigenvalue weighted by Gasteiger charge is 2.32. The first-order valence-corrected chi connectivity index (χ1v) is 13.2. The lowest BCUT2D eigenvalue weighted by atomic mass is 9.89. The minimum Gasteiger partial charge on any atom is -0.465 e. The van der Waals surface area contributed by atoms with Gasteiger partial charge in [0.2, 0.25) is 0 Å². The minimum absolute atomic E-state index is 0.0112. The van der Waals surface area contributed by atoms with Gasteiger partial charge < -0.3 is 9.64 Å². The number of nitrogens with zero attached hydrogens (tertiary/aromatic N) is 2. The van der Waals surface area contributed by atoms with E-state index in [1.165, 1.54) is 57.0 Å². The Labute approximate surface area is 198 Å². The van der Waals surface area contributed by atoms with Gasteiger partial charge in [0.25, 0.3) is 0 Å². The number of carbonyl (C=O) groups excluding carboxylic acids is 2. The third-order valence-electron chi connectivity index (χ3n) is 6.36. The van der Waals surface area contributed by atoms with Gasteiger partial charge in [0.05, 0.1) is 23.1 Å². The number of urea groups is 1. The van der Waals surface area contributed by atoms with E-state index in [1.54, 1.807) is 30.1 Å². The predicted octanol–water partition coefficient (Wildman–Crippen LogP) is 6.58. The molecule has 2 aliphatic carbocycles. The van der Waals surface area contributed by atoms with Gasteiger partial charge in [-0.2, -0.15) is 0 Å². The summed E-state index contributed by atoms with van der Waals surface area (Å²) in [5, 5.41) is 3.73. The Balaban J connectivity index is 1.40. The summed E-state index contributed by atoms with van der Waals surface area (Å²) >= 11 is 3.05. The van der Waals surface area contributed by atoms with Gasteiger partial charge in [-0.15, -0.1) is 0 Å². The molecule has 1 aromatic heterocycles. The van der Waals surface area contributed by atoms with Crippen LogP contribution >= 0.6 is 23.1 Å². The van der Waals surface area contributed by atoms with Crippen LogP contribution in [0.2, 0.25) is 0 Å². The van der Waals surface area contributed by atoms with Crippen LogP contribution in [0.5, 0.6) is 0 Å². The molecule has 0 saturated heterocycles. The largest absolute Gasteiger partial charge is 0.465 e. The van der Waals surface area contributed by atoms with Crippen molar-refractivity contribution in [2.45, 2.75) is 85.4 Å². The highest BCUT2D eigenvalue weighted by Crippen LogP contribution is 2.35. The number of anilines is 1. The summed E-state index contributed by atoms with van der Waals surface area (Å²) in [6.07, 6.45) is 13.7. The van der Waals surface area contributed by atoms with Crippen molar-refractivity contribution < 1.29 is 14.3 Å². The Morgan fingerprint density at radius 1 is 1.00 bits per heavy atom. The molecule has 0 radical (unpaired) electrons. The fourth-order valence-corrected chi connectivity index (χ4v) is 6.60. The number of carbonyl (C=O) groups is 2. The molecule has 2 aliphatic rings. The number of aromatic nitrogens is 1. The second-order valence-electron chi connectivity index (χ2n) is 8.52. The van der Waals surface area contributed by atoms with Crippen molar-refractivity contribution in [3.05, 3.63) is 36.0 Å². The van der Waals surface area contributed by atoms with E-state index in [-0.39, 0.29) is 12.0 Å². The number of amides is 2. The molecule has 0 aliphatic heterocycles. The summed E-state index contributed by atoms with van der Waals surface area (Å²) in [4.78, 5) is 32.5. The summed E-state index contributed by atoms with van der Waals surface area (Å²) in [5.74, 6) is -0.343. The molecule has 0 atom stereocenters. The molecule has 32 heavy (non-hydrogen) atoms. The van der Waals surface area contributed by atoms with Crippen LogP contribution in [0.15, 0.2) is 39.6 Å². The molecule has 2 saturated carbocycles. The van der Waals surface area contributed by atoms with Gasteiger partial charge in [-0.25, -0.2) is 14.6 Å². The van der Waals surface area contributed by atoms with Crippen LogP contribution in [0.25, 0.3) is 0 Å². The molecule has 2 amide bonds. The van der Waals surface area contributed by atoms with E-state index in [1.807, 2.05) is 12.1 Å². The van der Waals surface area contributed by atoms with Gasteiger partial charge in [0.15, 0.2) is 5.13 Å². The van der Waals surface area contributed by atoms with Crippen LogP contribution in [0, 0.1) is 0 Å². The quantitative estimate of drug-likeness (QED) is 0.480. The molecule has 172 valence electrons. The van der Waals surface area contributed by atoms with E-state index in [0.717, 1.165) is 34.8 Å². The van der Waals surface area contributed by atoms with Crippen molar-refractivity contribution in [1.82, 2.24) is 9.88 Å². The Bertz CT molecular complexity index is 885. The van der Waals surface area contributed by atoms with Crippen LogP contribution in [0.1, 0.15) is 74.6 Å². The van der Waals surface area contributed by atoms with E-state index in [2.05, 4.69) is 15.2 Å². The van der Waals surface area contributed by atoms with Crippen LogP contribution in [0.4, 0.5) is 9.93 Å². The Morgan fingerprint density at radius 3 is 2.16 bits per heavy atom. The molecule has 1 aromatic carbocycles. The molecule has 0 unspecified atom stereocenters. The van der Waals surface area contributed by atoms with E-state index in [9.17, 15) is 9.59 Å². The number of rotatable bonds is 6. The lowest BCUT2D eigenvalue weighted by Gasteiger charge is -2.41. The highest BCUT2D eigenvalue weighted by molar-refractivity contribution is 8.01. The van der Waals surface area contributed by atoms with Gasteiger partial charge >= 0.3 is 12.0 Å². The Kier molecular flexibility index (Phi) is 8.08. The second-order valence-corrected chi connectivity index (χ2v) is 10.9. The van der Waals surface area contributed by atoms with E-state index in [0.29, 0.717) is 22.8 Å². The smallest absolute Gasteiger partial charge is 0.337 e. The molecule has 1 N–H and O–H groups in total. The van der Waals surface area contributed by atoms with Crippen molar-refractivity contribution in [2.75, 3.05) is 12.4 Å². The minimum atomic E-state index is -0.343. The molecular weight excluding hydrogens is 442 g/mol. The summed E-state index contributed by atoms with van der Waals surface area (Å²) < 4.78 is 5.74. The molecule has 6 nitrogen and oxygen atoms in total. The van der Waals surface area contributed by atoms with Crippen molar-refractivity contribution in [2.24, 2.45) is 0 Å². The van der Waals surface area contributed by atoms with Gasteiger partial charge in [-0.3, -0.25) is 5.32 Å². The molecule has 4 rings (SSSR count). The van der Waals surface area contributed by atoms with Gasteiger partial charge in [0.1, 0.15) is 0 Å². The number of hydrogen-bond acceptors (Lipinski definition) is 6. The molecule has 2 fully saturated rings. The van der Waals surface area contributed by atoms with Crippen molar-refractivity contribution in [1.29, 1.82) is 0 Å². The van der Waals surface area contributed by atoms with Crippen LogP contribution < -0.4 is 5.32 Å². The normalized spacial score (nSPS) is 17.7. The monoisotopic (exact) mass is 473 g/mol. The molecule has 1 heterocycles. The number of ether oxygens (including phenoxy) is 1. The maximum Gasteiger partial charge on any atom is 0.337 e. The third-order valence-corrected chi connectivity index (χ3v) is 8.38. The number of thiazole rings is 1. The molecular formula is C24H31N3O3S2. The summed E-state index contributed by atoms with van der Waals surface area (Å²) in [6.45, 7) is 0. The highest BCUT2D eigenvalue weighted by atomic mass is 32.2. The third kappa shape index (κ3) is 5.84. The first-order valence-electron chi connectivity index (χ1n) is 11.6. The van der Waals surface area contributed by atoms with Crippen molar-refractivity contribution in [3.63, 3.8) is 0 Å². The average Bonchev–Trinajstić information content (AvgIpc) is 3.27. The van der Waals surface area contributed by atoms with Crippen LogP contribution in [0.3, 0.4) is 0 Å². The zero-order valence-electron chi connectivity index (χ0n) is 18.5. The number of nitrogens with one attached hydrogen (secondary N) is 1. The second kappa shape index (κ2) is 11.2. The zero-order chi connectivity index (χ0) is 22.3. The number of benzene rings is 1. The summed E-state index contributed by atoms with van der Waals surface area (Å²) in [7, 11) is 1.38. The molecule has 2 aromatic rings. The number of methoxy groups -OCH3 is 1. The van der Waals surface area contributed by atoms with Gasteiger partial charge in [0, 0.05) is 17.0 Å². The van der Waals surface area contributed by atoms with Gasteiger partial charge in [-0.05, 0) is 49.9 Å². The molecule has 0 bridgehead atoms. The van der Waals surface area contributed by atoms with Crippen LogP contribution in [-0.4, -0.2) is 41.1 Å². The van der Waals surface area contributed by atoms with Gasteiger partial charge in [-0.1, -0.05) is 61.6 Å². The first kappa shape index (κ1) is 23.1. The van der Waals surface area contributed by atoms with Crippen LogP contribution in [-0.2, 0) is 4.74 Å². The number of esters is 1. The average molecular weight is 474 g/mol. The molecule has 0 spiro atoms. The van der Waals surface area contributed by atoms with Crippen molar-refractivity contribution >= 4 is 40.2 Å². The van der Waals surface area contributed by atoms with Crippen molar-refractivity contribution in [3.8, 4) is 0 Å². The fraction of sp³-hybridized carbons (Fsp3) is 0.542. The maximum absolute atomic E-state index is 13.3. The zero-order valence-corrected chi connectivity index (χ0v) is 20.2.